The van der Waals surface area contributed by atoms with Crippen molar-refractivity contribution in [3.8, 4) is 0 Å². The highest BCUT2D eigenvalue weighted by molar-refractivity contribution is 8.06. The molecule has 17 heavy (non-hydrogen) atoms. The number of aromatic nitrogens is 2. The van der Waals surface area contributed by atoms with Gasteiger partial charge >= 0.3 is 6.01 Å². The van der Waals surface area contributed by atoms with Crippen molar-refractivity contribution in [1.82, 2.24) is 15.5 Å². The standard InChI is InChI=1S/C10H18N4OS2/c1-2-11-6-9-13-14-10(15-9)12-5-8-7-16-3-4-17-8/h8,11H,2-7H2,1H3,(H,12,14). The molecule has 2 N–H and O–H groups in total. The SMILES string of the molecule is CCNCc1nnc(NCC2CSCCS2)o1. The Balaban J connectivity index is 1.72. The molecule has 1 fully saturated rings. The summed E-state index contributed by atoms with van der Waals surface area (Å²) in [5.74, 6) is 4.36. The van der Waals surface area contributed by atoms with Gasteiger partial charge in [0.1, 0.15) is 0 Å². The van der Waals surface area contributed by atoms with Crippen molar-refractivity contribution in [2.45, 2.75) is 18.7 Å². The van der Waals surface area contributed by atoms with Crippen LogP contribution in [0.3, 0.4) is 0 Å². The van der Waals surface area contributed by atoms with E-state index >= 15 is 0 Å². The van der Waals surface area contributed by atoms with Crippen molar-refractivity contribution in [3.63, 3.8) is 0 Å². The molecule has 0 bridgehead atoms. The molecule has 1 unspecified atom stereocenters. The third kappa shape index (κ3) is 4.40. The molecule has 0 aliphatic carbocycles. The van der Waals surface area contributed by atoms with E-state index in [0.717, 1.165) is 13.1 Å². The molecular formula is C10H18N4OS2. The number of thioether (sulfide) groups is 2. The van der Waals surface area contributed by atoms with Crippen molar-refractivity contribution < 1.29 is 4.42 Å². The molecule has 5 nitrogen and oxygen atoms in total. The molecule has 1 atom stereocenters. The molecule has 0 radical (unpaired) electrons. The van der Waals surface area contributed by atoms with Crippen molar-refractivity contribution in [2.75, 3.05) is 35.7 Å². The van der Waals surface area contributed by atoms with Gasteiger partial charge in [-0.1, -0.05) is 12.0 Å². The van der Waals surface area contributed by atoms with Crippen LogP contribution in [0.15, 0.2) is 4.42 Å². The van der Waals surface area contributed by atoms with E-state index in [1.807, 2.05) is 30.4 Å². The van der Waals surface area contributed by atoms with Gasteiger partial charge < -0.3 is 15.1 Å². The monoisotopic (exact) mass is 274 g/mol. The molecule has 1 aromatic heterocycles. The van der Waals surface area contributed by atoms with Gasteiger partial charge in [0.25, 0.3) is 0 Å². The van der Waals surface area contributed by atoms with E-state index in [4.69, 9.17) is 4.42 Å². The van der Waals surface area contributed by atoms with Gasteiger partial charge in [0.15, 0.2) is 0 Å². The largest absolute Gasteiger partial charge is 0.407 e. The molecule has 0 spiro atoms. The van der Waals surface area contributed by atoms with E-state index in [1.54, 1.807) is 0 Å². The minimum atomic E-state index is 0.536. The normalized spacial score (nSPS) is 20.4. The molecule has 96 valence electrons. The lowest BCUT2D eigenvalue weighted by atomic mass is 10.5. The first-order valence-corrected chi connectivity index (χ1v) is 8.05. The molecular weight excluding hydrogens is 256 g/mol. The molecule has 1 aliphatic heterocycles. The van der Waals surface area contributed by atoms with E-state index in [9.17, 15) is 0 Å². The highest BCUT2D eigenvalue weighted by atomic mass is 32.2. The van der Waals surface area contributed by atoms with E-state index in [2.05, 4.69) is 20.8 Å². The van der Waals surface area contributed by atoms with Gasteiger partial charge in [-0.05, 0) is 6.54 Å². The predicted molar refractivity (Wildman–Crippen MR) is 73.7 cm³/mol. The van der Waals surface area contributed by atoms with Crippen molar-refractivity contribution in [2.24, 2.45) is 0 Å². The lowest BCUT2D eigenvalue weighted by molar-refractivity contribution is 0.481. The molecule has 0 aromatic carbocycles. The number of nitrogens with zero attached hydrogens (tertiary/aromatic N) is 2. The Hall–Kier alpha value is -0.400. The zero-order valence-corrected chi connectivity index (χ0v) is 11.6. The second kappa shape index (κ2) is 7.13. The van der Waals surface area contributed by atoms with Crippen LogP contribution < -0.4 is 10.6 Å². The second-order valence-electron chi connectivity index (χ2n) is 3.73. The van der Waals surface area contributed by atoms with E-state index in [0.29, 0.717) is 23.7 Å². The smallest absolute Gasteiger partial charge is 0.315 e. The van der Waals surface area contributed by atoms with E-state index in [-0.39, 0.29) is 0 Å². The van der Waals surface area contributed by atoms with Crippen molar-refractivity contribution in [3.05, 3.63) is 5.89 Å². The lowest BCUT2D eigenvalue weighted by Gasteiger charge is -2.20. The first-order valence-electron chi connectivity index (χ1n) is 5.85. The summed E-state index contributed by atoms with van der Waals surface area (Å²) in [7, 11) is 0. The fourth-order valence-corrected chi connectivity index (χ4v) is 4.10. The van der Waals surface area contributed by atoms with E-state index in [1.165, 1.54) is 17.3 Å². The van der Waals surface area contributed by atoms with Gasteiger partial charge in [0.2, 0.25) is 5.89 Å². The Morgan fingerprint density at radius 3 is 3.12 bits per heavy atom. The number of nitrogens with one attached hydrogen (secondary N) is 2. The summed E-state index contributed by atoms with van der Waals surface area (Å²) in [5, 5.41) is 14.9. The topological polar surface area (TPSA) is 63.0 Å². The summed E-state index contributed by atoms with van der Waals surface area (Å²) >= 11 is 4.03. The Morgan fingerprint density at radius 1 is 1.41 bits per heavy atom. The second-order valence-corrected chi connectivity index (χ2v) is 6.29. The fraction of sp³-hybridized carbons (Fsp3) is 0.800. The quantitative estimate of drug-likeness (QED) is 0.814. The number of hydrogen-bond donors (Lipinski definition) is 2. The van der Waals surface area contributed by atoms with E-state index < -0.39 is 0 Å². The molecule has 2 rings (SSSR count). The molecule has 1 aromatic rings. The van der Waals surface area contributed by atoms with Crippen LogP contribution in [0.2, 0.25) is 0 Å². The van der Waals surface area contributed by atoms with Gasteiger partial charge in [-0.25, -0.2) is 0 Å². The average Bonchev–Trinajstić information content (AvgIpc) is 2.83. The molecule has 0 amide bonds. The first kappa shape index (κ1) is 13.0. The summed E-state index contributed by atoms with van der Waals surface area (Å²) in [6.45, 7) is 4.49. The Bertz CT molecular complexity index is 328. The molecule has 2 heterocycles. The zero-order chi connectivity index (χ0) is 11.9. The highest BCUT2D eigenvalue weighted by Gasteiger charge is 2.15. The Morgan fingerprint density at radius 2 is 2.35 bits per heavy atom. The summed E-state index contributed by atoms with van der Waals surface area (Å²) < 4.78 is 5.46. The van der Waals surface area contributed by atoms with Gasteiger partial charge in [-0.3, -0.25) is 0 Å². The van der Waals surface area contributed by atoms with Gasteiger partial charge in [0, 0.05) is 29.1 Å². The number of anilines is 1. The van der Waals surface area contributed by atoms with Crippen LogP contribution in [0, 0.1) is 0 Å². The van der Waals surface area contributed by atoms with Crippen molar-refractivity contribution >= 4 is 29.5 Å². The maximum absolute atomic E-state index is 5.46. The summed E-state index contributed by atoms with van der Waals surface area (Å²) in [5.41, 5.74) is 0. The van der Waals surface area contributed by atoms with Crippen LogP contribution in [0.5, 0.6) is 0 Å². The maximum Gasteiger partial charge on any atom is 0.315 e. The summed E-state index contributed by atoms with van der Waals surface area (Å²) in [6, 6.07) is 0.536. The predicted octanol–water partition coefficient (Wildman–Crippen LogP) is 1.44. The molecule has 1 saturated heterocycles. The van der Waals surface area contributed by atoms with Gasteiger partial charge in [-0.15, -0.1) is 5.10 Å². The Kier molecular flexibility index (Phi) is 5.47. The van der Waals surface area contributed by atoms with Crippen LogP contribution in [0.25, 0.3) is 0 Å². The summed E-state index contributed by atoms with van der Waals surface area (Å²) in [4.78, 5) is 0. The third-order valence-electron chi connectivity index (χ3n) is 2.36. The van der Waals surface area contributed by atoms with Crippen LogP contribution in [-0.2, 0) is 6.54 Å². The minimum absolute atomic E-state index is 0.536. The molecule has 7 heteroatoms. The summed E-state index contributed by atoms with van der Waals surface area (Å²) in [6.07, 6.45) is 0. The zero-order valence-electron chi connectivity index (χ0n) is 9.94. The highest BCUT2D eigenvalue weighted by Crippen LogP contribution is 2.24. The van der Waals surface area contributed by atoms with Crippen LogP contribution in [0.4, 0.5) is 6.01 Å². The van der Waals surface area contributed by atoms with Crippen LogP contribution in [0.1, 0.15) is 12.8 Å². The Labute approximate surface area is 110 Å². The fourth-order valence-electron chi connectivity index (χ4n) is 1.48. The van der Waals surface area contributed by atoms with Crippen LogP contribution >= 0.6 is 23.5 Å². The van der Waals surface area contributed by atoms with Crippen LogP contribution in [-0.4, -0.2) is 45.8 Å². The molecule has 1 aliphatic rings. The van der Waals surface area contributed by atoms with Gasteiger partial charge in [-0.2, -0.15) is 23.5 Å². The minimum Gasteiger partial charge on any atom is -0.407 e. The maximum atomic E-state index is 5.46. The molecule has 0 saturated carbocycles. The third-order valence-corrected chi connectivity index (χ3v) is 5.20. The van der Waals surface area contributed by atoms with Gasteiger partial charge in [0.05, 0.1) is 6.54 Å². The average molecular weight is 274 g/mol. The number of rotatable bonds is 6. The number of hydrogen-bond acceptors (Lipinski definition) is 7. The first-order chi connectivity index (χ1) is 8.38. The van der Waals surface area contributed by atoms with Crippen molar-refractivity contribution in [1.29, 1.82) is 0 Å². The lowest BCUT2D eigenvalue weighted by Crippen LogP contribution is -2.23.